The van der Waals surface area contributed by atoms with Crippen molar-refractivity contribution in [1.29, 1.82) is 0 Å². The molecule has 1 N–H and O–H groups in total. The van der Waals surface area contributed by atoms with E-state index in [0.717, 1.165) is 29.9 Å². The summed E-state index contributed by atoms with van der Waals surface area (Å²) in [4.78, 5) is 11.7. The van der Waals surface area contributed by atoms with Gasteiger partial charge in [0.15, 0.2) is 0 Å². The number of hydrogen-bond donors (Lipinski definition) is 1. The quantitative estimate of drug-likeness (QED) is 0.791. The van der Waals surface area contributed by atoms with Gasteiger partial charge < -0.3 is 10.2 Å². The van der Waals surface area contributed by atoms with E-state index in [4.69, 9.17) is 4.98 Å². The first-order valence-electron chi connectivity index (χ1n) is 8.00. The van der Waals surface area contributed by atoms with E-state index in [-0.39, 0.29) is 0 Å². The molecule has 0 aliphatic heterocycles. The van der Waals surface area contributed by atoms with E-state index in [1.807, 2.05) is 12.4 Å². The van der Waals surface area contributed by atoms with Crippen molar-refractivity contribution in [2.24, 2.45) is 11.8 Å². The fourth-order valence-electron chi connectivity index (χ4n) is 2.43. The van der Waals surface area contributed by atoms with E-state index in [9.17, 15) is 0 Å². The summed E-state index contributed by atoms with van der Waals surface area (Å²) in [7, 11) is 0. The largest absolute Gasteiger partial charge is 0.355 e. The summed E-state index contributed by atoms with van der Waals surface area (Å²) < 4.78 is 0. The van der Waals surface area contributed by atoms with Crippen LogP contribution in [0.25, 0.3) is 0 Å². The Hall–Kier alpha value is -1.16. The first-order valence-corrected chi connectivity index (χ1v) is 8.00. The molecular weight excluding hydrogens is 248 g/mol. The van der Waals surface area contributed by atoms with Gasteiger partial charge in [-0.1, -0.05) is 13.8 Å². The molecule has 0 radical (unpaired) electrons. The van der Waals surface area contributed by atoms with Crippen LogP contribution in [0.1, 0.15) is 45.2 Å². The average Bonchev–Trinajstić information content (AvgIpc) is 3.31. The third kappa shape index (κ3) is 4.17. The Morgan fingerprint density at radius 1 is 1.15 bits per heavy atom. The summed E-state index contributed by atoms with van der Waals surface area (Å²) in [5.74, 6) is 2.87. The molecule has 4 nitrogen and oxygen atoms in total. The van der Waals surface area contributed by atoms with Crippen molar-refractivity contribution in [1.82, 2.24) is 15.3 Å². The number of rotatable bonds is 8. The summed E-state index contributed by atoms with van der Waals surface area (Å²) in [6.07, 6.45) is 9.38. The predicted octanol–water partition coefficient (Wildman–Crippen LogP) is 2.60. The molecule has 1 heterocycles. The molecule has 0 saturated heterocycles. The molecule has 0 bridgehead atoms. The highest BCUT2D eigenvalue weighted by Gasteiger charge is 2.30. The van der Waals surface area contributed by atoms with E-state index < -0.39 is 0 Å². The highest BCUT2D eigenvalue weighted by molar-refractivity contribution is 5.37. The zero-order valence-electron chi connectivity index (χ0n) is 12.7. The SMILES string of the molecule is CC(C)NCc1cncc(N(CC2CC2)CC2CC2)n1. The highest BCUT2D eigenvalue weighted by atomic mass is 15.2. The highest BCUT2D eigenvalue weighted by Crippen LogP contribution is 2.35. The van der Waals surface area contributed by atoms with E-state index >= 15 is 0 Å². The third-order valence-electron chi connectivity index (χ3n) is 4.04. The van der Waals surface area contributed by atoms with Crippen molar-refractivity contribution >= 4 is 5.82 Å². The van der Waals surface area contributed by atoms with E-state index in [1.54, 1.807) is 0 Å². The second-order valence-electron chi connectivity index (χ2n) is 6.70. The minimum Gasteiger partial charge on any atom is -0.355 e. The van der Waals surface area contributed by atoms with Crippen molar-refractivity contribution in [3.8, 4) is 0 Å². The molecule has 0 spiro atoms. The molecule has 1 aromatic rings. The van der Waals surface area contributed by atoms with Crippen LogP contribution in [0.15, 0.2) is 12.4 Å². The van der Waals surface area contributed by atoms with Gasteiger partial charge in [-0.05, 0) is 37.5 Å². The molecular formula is C16H26N4. The normalized spacial score (nSPS) is 18.6. The van der Waals surface area contributed by atoms with Crippen molar-refractivity contribution in [2.75, 3.05) is 18.0 Å². The van der Waals surface area contributed by atoms with Gasteiger partial charge in [0.05, 0.1) is 11.9 Å². The molecule has 0 unspecified atom stereocenters. The Labute approximate surface area is 122 Å². The second-order valence-corrected chi connectivity index (χ2v) is 6.70. The van der Waals surface area contributed by atoms with Gasteiger partial charge in [-0.3, -0.25) is 4.98 Å². The molecule has 20 heavy (non-hydrogen) atoms. The number of aromatic nitrogens is 2. The molecule has 0 aromatic carbocycles. The van der Waals surface area contributed by atoms with Crippen molar-refractivity contribution in [3.63, 3.8) is 0 Å². The lowest BCUT2D eigenvalue weighted by atomic mass is 10.3. The van der Waals surface area contributed by atoms with Crippen LogP contribution in [-0.2, 0) is 6.54 Å². The lowest BCUT2D eigenvalue weighted by Crippen LogP contribution is -2.30. The number of hydrogen-bond acceptors (Lipinski definition) is 4. The fourth-order valence-corrected chi connectivity index (χ4v) is 2.43. The summed E-state index contributed by atoms with van der Waals surface area (Å²) in [6, 6.07) is 0.481. The van der Waals surface area contributed by atoms with E-state index in [0.29, 0.717) is 6.04 Å². The summed E-state index contributed by atoms with van der Waals surface area (Å²) in [5.41, 5.74) is 1.05. The molecule has 0 amide bonds. The fraction of sp³-hybridized carbons (Fsp3) is 0.750. The van der Waals surface area contributed by atoms with Crippen molar-refractivity contribution in [3.05, 3.63) is 18.1 Å². The lowest BCUT2D eigenvalue weighted by Gasteiger charge is -2.23. The van der Waals surface area contributed by atoms with Gasteiger partial charge in [-0.25, -0.2) is 4.98 Å². The number of nitrogens with zero attached hydrogens (tertiary/aromatic N) is 3. The minimum atomic E-state index is 0.481. The summed E-state index contributed by atoms with van der Waals surface area (Å²) in [6.45, 7) is 7.46. The molecule has 3 rings (SSSR count). The monoisotopic (exact) mass is 274 g/mol. The third-order valence-corrected chi connectivity index (χ3v) is 4.04. The Kier molecular flexibility index (Phi) is 4.20. The van der Waals surface area contributed by atoms with Crippen LogP contribution in [0.5, 0.6) is 0 Å². The predicted molar refractivity (Wildman–Crippen MR) is 81.7 cm³/mol. The van der Waals surface area contributed by atoms with Gasteiger partial charge in [0.25, 0.3) is 0 Å². The maximum absolute atomic E-state index is 4.81. The maximum atomic E-state index is 4.81. The van der Waals surface area contributed by atoms with Crippen LogP contribution in [0.3, 0.4) is 0 Å². The molecule has 1 aromatic heterocycles. The summed E-state index contributed by atoms with van der Waals surface area (Å²) in [5, 5.41) is 3.41. The van der Waals surface area contributed by atoms with Crippen LogP contribution in [0.4, 0.5) is 5.82 Å². The molecule has 110 valence electrons. The average molecular weight is 274 g/mol. The van der Waals surface area contributed by atoms with Crippen LogP contribution in [-0.4, -0.2) is 29.1 Å². The Bertz CT molecular complexity index is 424. The van der Waals surface area contributed by atoms with Crippen LogP contribution < -0.4 is 10.2 Å². The van der Waals surface area contributed by atoms with Crippen LogP contribution in [0.2, 0.25) is 0 Å². The first kappa shape index (κ1) is 13.8. The van der Waals surface area contributed by atoms with Gasteiger partial charge in [-0.15, -0.1) is 0 Å². The van der Waals surface area contributed by atoms with E-state index in [2.05, 4.69) is 29.0 Å². The number of anilines is 1. The van der Waals surface area contributed by atoms with Gasteiger partial charge in [0, 0.05) is 31.9 Å². The van der Waals surface area contributed by atoms with Gasteiger partial charge in [-0.2, -0.15) is 0 Å². The van der Waals surface area contributed by atoms with Crippen LogP contribution in [0, 0.1) is 11.8 Å². The molecule has 2 saturated carbocycles. The molecule has 2 fully saturated rings. The molecule has 0 atom stereocenters. The summed E-state index contributed by atoms with van der Waals surface area (Å²) >= 11 is 0. The Balaban J connectivity index is 1.66. The van der Waals surface area contributed by atoms with Gasteiger partial charge in [0.2, 0.25) is 0 Å². The van der Waals surface area contributed by atoms with Gasteiger partial charge in [0.1, 0.15) is 5.82 Å². The Morgan fingerprint density at radius 2 is 1.80 bits per heavy atom. The topological polar surface area (TPSA) is 41.1 Å². The van der Waals surface area contributed by atoms with Gasteiger partial charge >= 0.3 is 0 Å². The molecule has 2 aliphatic carbocycles. The minimum absolute atomic E-state index is 0.481. The standard InChI is InChI=1S/C16H26N4/c1-12(2)18-8-15-7-17-9-16(19-15)20(10-13-3-4-13)11-14-5-6-14/h7,9,12-14,18H,3-6,8,10-11H2,1-2H3. The Morgan fingerprint density at radius 3 is 2.35 bits per heavy atom. The zero-order valence-corrected chi connectivity index (χ0v) is 12.7. The maximum Gasteiger partial charge on any atom is 0.147 e. The van der Waals surface area contributed by atoms with Crippen molar-refractivity contribution < 1.29 is 0 Å². The number of nitrogens with one attached hydrogen (secondary N) is 1. The lowest BCUT2D eigenvalue weighted by molar-refractivity contribution is 0.578. The second kappa shape index (κ2) is 6.08. The molecule has 4 heteroatoms. The van der Waals surface area contributed by atoms with Crippen molar-refractivity contribution in [2.45, 2.75) is 52.1 Å². The zero-order chi connectivity index (χ0) is 13.9. The smallest absolute Gasteiger partial charge is 0.147 e. The van der Waals surface area contributed by atoms with Crippen LogP contribution >= 0.6 is 0 Å². The first-order chi connectivity index (χ1) is 9.70. The molecule has 2 aliphatic rings. The van der Waals surface area contributed by atoms with E-state index in [1.165, 1.54) is 38.8 Å².